The molecule has 0 saturated carbocycles. The summed E-state index contributed by atoms with van der Waals surface area (Å²) in [6.45, 7) is 5.39. The Labute approximate surface area is 193 Å². The second kappa shape index (κ2) is 9.10. The minimum absolute atomic E-state index is 0.368. The van der Waals surface area contributed by atoms with Gasteiger partial charge >= 0.3 is 0 Å². The van der Waals surface area contributed by atoms with Gasteiger partial charge in [-0.2, -0.15) is 4.98 Å². The van der Waals surface area contributed by atoms with Crippen molar-refractivity contribution in [2.24, 2.45) is 0 Å². The number of rotatable bonds is 6. The van der Waals surface area contributed by atoms with Gasteiger partial charge < -0.3 is 24.8 Å². The van der Waals surface area contributed by atoms with Crippen molar-refractivity contribution >= 4 is 47.2 Å². The number of methoxy groups -OCH3 is 1. The molecule has 0 aliphatic carbocycles. The summed E-state index contributed by atoms with van der Waals surface area (Å²) in [7, 11) is 1.28. The minimum Gasteiger partial charge on any atom is -0.495 e. The highest BCUT2D eigenvalue weighted by atomic mass is 35.5. The number of fused-ring (bicyclic) bond motifs is 1. The highest BCUT2D eigenvalue weighted by molar-refractivity contribution is 7.70. The molecule has 0 atom stereocenters. The van der Waals surface area contributed by atoms with E-state index in [1.54, 1.807) is 26.6 Å². The van der Waals surface area contributed by atoms with Gasteiger partial charge in [-0.1, -0.05) is 23.7 Å². The van der Waals surface area contributed by atoms with Crippen molar-refractivity contribution in [3.8, 4) is 5.75 Å². The predicted octanol–water partition coefficient (Wildman–Crippen LogP) is 4.86. The van der Waals surface area contributed by atoms with E-state index < -0.39 is 7.14 Å². The van der Waals surface area contributed by atoms with Crippen molar-refractivity contribution in [1.29, 1.82) is 0 Å². The van der Waals surface area contributed by atoms with Gasteiger partial charge in [0.2, 0.25) is 5.95 Å². The lowest BCUT2D eigenvalue weighted by Crippen LogP contribution is -2.26. The lowest BCUT2D eigenvalue weighted by atomic mass is 9.99. The van der Waals surface area contributed by atoms with E-state index in [0.29, 0.717) is 22.5 Å². The Morgan fingerprint density at radius 3 is 2.66 bits per heavy atom. The highest BCUT2D eigenvalue weighted by Crippen LogP contribution is 2.39. The standard InChI is InChI=1S/C23H27ClN5O2P/c1-29-10-9-15-11-19(20(31-2)12-16(15)14-29)27-23-25-13-17(24)22(28-23)26-18-7-5-6-8-21(18)32(3,4)30/h5-8,11-13H,9-10,14H2,1-4H3,(H2,25,26,27,28). The zero-order valence-corrected chi connectivity index (χ0v) is 20.3. The Balaban J connectivity index is 1.64. The number of halogens is 1. The van der Waals surface area contributed by atoms with Gasteiger partial charge in [0.25, 0.3) is 0 Å². The summed E-state index contributed by atoms with van der Waals surface area (Å²) >= 11 is 6.37. The molecule has 3 aromatic rings. The summed E-state index contributed by atoms with van der Waals surface area (Å²) in [5.41, 5.74) is 4.06. The normalized spacial score (nSPS) is 14.0. The van der Waals surface area contributed by atoms with Crippen LogP contribution in [-0.4, -0.2) is 48.9 Å². The number of aromatic nitrogens is 2. The summed E-state index contributed by atoms with van der Waals surface area (Å²) in [6, 6.07) is 11.6. The molecule has 0 amide bonds. The third-order valence-corrected chi connectivity index (χ3v) is 7.28. The average Bonchev–Trinajstić information content (AvgIpc) is 2.75. The van der Waals surface area contributed by atoms with E-state index in [-0.39, 0.29) is 0 Å². The molecule has 168 valence electrons. The number of ether oxygens (including phenoxy) is 1. The quantitative estimate of drug-likeness (QED) is 0.497. The van der Waals surface area contributed by atoms with Crippen LogP contribution in [0.3, 0.4) is 0 Å². The second-order valence-electron chi connectivity index (χ2n) is 8.32. The van der Waals surface area contributed by atoms with E-state index in [0.717, 1.165) is 36.3 Å². The van der Waals surface area contributed by atoms with Gasteiger partial charge in [-0.15, -0.1) is 0 Å². The molecule has 0 spiro atoms. The van der Waals surface area contributed by atoms with Crippen LogP contribution in [0.25, 0.3) is 0 Å². The van der Waals surface area contributed by atoms with Gasteiger partial charge in [-0.25, -0.2) is 4.98 Å². The first-order valence-corrected chi connectivity index (χ1v) is 13.3. The largest absolute Gasteiger partial charge is 0.495 e. The maximum Gasteiger partial charge on any atom is 0.229 e. The van der Waals surface area contributed by atoms with Crippen LogP contribution < -0.4 is 20.7 Å². The van der Waals surface area contributed by atoms with Gasteiger partial charge in [0, 0.05) is 18.4 Å². The van der Waals surface area contributed by atoms with Crippen molar-refractivity contribution < 1.29 is 9.30 Å². The van der Waals surface area contributed by atoms with Crippen LogP contribution in [-0.2, 0) is 17.5 Å². The molecule has 0 fully saturated rings. The third kappa shape index (κ3) is 4.90. The van der Waals surface area contributed by atoms with E-state index in [2.05, 4.69) is 44.7 Å². The number of anilines is 4. The second-order valence-corrected chi connectivity index (χ2v) is 11.9. The van der Waals surface area contributed by atoms with Crippen LogP contribution in [0, 0.1) is 0 Å². The molecule has 2 heterocycles. The zero-order valence-electron chi connectivity index (χ0n) is 18.6. The average molecular weight is 472 g/mol. The summed E-state index contributed by atoms with van der Waals surface area (Å²) in [6.07, 6.45) is 2.52. The van der Waals surface area contributed by atoms with E-state index in [1.165, 1.54) is 11.1 Å². The molecule has 1 aliphatic rings. The summed E-state index contributed by atoms with van der Waals surface area (Å²) < 4.78 is 18.3. The van der Waals surface area contributed by atoms with Crippen molar-refractivity contribution in [2.75, 3.05) is 44.7 Å². The fraction of sp³-hybridized carbons (Fsp3) is 0.304. The molecule has 2 N–H and O–H groups in total. The first-order chi connectivity index (χ1) is 15.2. The fourth-order valence-corrected chi connectivity index (χ4v) is 5.10. The summed E-state index contributed by atoms with van der Waals surface area (Å²) in [4.78, 5) is 11.2. The highest BCUT2D eigenvalue weighted by Gasteiger charge is 2.19. The van der Waals surface area contributed by atoms with Crippen LogP contribution in [0.1, 0.15) is 11.1 Å². The molecule has 4 rings (SSSR count). The summed E-state index contributed by atoms with van der Waals surface area (Å²) in [5.74, 6) is 1.55. The maximum absolute atomic E-state index is 12.7. The lowest BCUT2D eigenvalue weighted by molar-refractivity contribution is 0.311. The molecule has 7 nitrogen and oxygen atoms in total. The van der Waals surface area contributed by atoms with Gasteiger partial charge in [0.1, 0.15) is 17.9 Å². The Morgan fingerprint density at radius 2 is 1.91 bits per heavy atom. The van der Waals surface area contributed by atoms with E-state index >= 15 is 0 Å². The van der Waals surface area contributed by atoms with Crippen molar-refractivity contribution in [3.63, 3.8) is 0 Å². The molecule has 1 aromatic heterocycles. The number of hydrogen-bond acceptors (Lipinski definition) is 7. The van der Waals surface area contributed by atoms with Crippen LogP contribution in [0.2, 0.25) is 5.02 Å². The molecule has 1 aliphatic heterocycles. The third-order valence-electron chi connectivity index (χ3n) is 5.45. The van der Waals surface area contributed by atoms with Crippen LogP contribution >= 0.6 is 18.7 Å². The number of para-hydroxylation sites is 1. The van der Waals surface area contributed by atoms with E-state index in [4.69, 9.17) is 16.3 Å². The summed E-state index contributed by atoms with van der Waals surface area (Å²) in [5, 5.41) is 7.60. The van der Waals surface area contributed by atoms with Gasteiger partial charge in [-0.05, 0) is 62.2 Å². The SMILES string of the molecule is COc1cc2c(cc1Nc1ncc(Cl)c(Nc3ccccc3P(C)(C)=O)n1)CCN(C)C2. The molecule has 0 saturated heterocycles. The Bertz CT molecular complexity index is 1200. The molecular formula is C23H27ClN5O2P. The monoisotopic (exact) mass is 471 g/mol. The van der Waals surface area contributed by atoms with Crippen molar-refractivity contribution in [2.45, 2.75) is 13.0 Å². The van der Waals surface area contributed by atoms with Gasteiger partial charge in [0.05, 0.1) is 24.7 Å². The molecule has 9 heteroatoms. The van der Waals surface area contributed by atoms with Gasteiger partial charge in [-0.3, -0.25) is 0 Å². The first-order valence-electron chi connectivity index (χ1n) is 10.3. The number of hydrogen-bond donors (Lipinski definition) is 2. The topological polar surface area (TPSA) is 79.4 Å². The van der Waals surface area contributed by atoms with E-state index in [1.807, 2.05) is 24.3 Å². The van der Waals surface area contributed by atoms with E-state index in [9.17, 15) is 4.57 Å². The molecule has 0 bridgehead atoms. The van der Waals surface area contributed by atoms with Crippen LogP contribution in [0.15, 0.2) is 42.6 Å². The Morgan fingerprint density at radius 1 is 1.12 bits per heavy atom. The number of benzene rings is 2. The van der Waals surface area contributed by atoms with Crippen LogP contribution in [0.4, 0.5) is 23.1 Å². The number of nitrogens with one attached hydrogen (secondary N) is 2. The van der Waals surface area contributed by atoms with Gasteiger partial charge in [0.15, 0.2) is 5.82 Å². The molecule has 32 heavy (non-hydrogen) atoms. The Hall–Kier alpha value is -2.60. The predicted molar refractivity (Wildman–Crippen MR) is 132 cm³/mol. The van der Waals surface area contributed by atoms with Crippen LogP contribution in [0.5, 0.6) is 5.75 Å². The lowest BCUT2D eigenvalue weighted by Gasteiger charge is -2.26. The maximum atomic E-state index is 12.7. The molecule has 2 aromatic carbocycles. The molecular weight excluding hydrogens is 445 g/mol. The number of nitrogens with zero attached hydrogens (tertiary/aromatic N) is 3. The van der Waals surface area contributed by atoms with Crippen molar-refractivity contribution in [1.82, 2.24) is 14.9 Å². The molecule has 0 unspecified atom stereocenters. The number of likely N-dealkylation sites (N-methyl/N-ethyl adjacent to an activating group) is 1. The Kier molecular flexibility index (Phi) is 6.42. The molecule has 0 radical (unpaired) electrons. The zero-order chi connectivity index (χ0) is 22.9. The fourth-order valence-electron chi connectivity index (χ4n) is 3.81. The minimum atomic E-state index is -2.49. The first kappa shape index (κ1) is 22.6. The smallest absolute Gasteiger partial charge is 0.229 e. The van der Waals surface area contributed by atoms with Crippen molar-refractivity contribution in [3.05, 3.63) is 58.7 Å².